The van der Waals surface area contributed by atoms with E-state index in [2.05, 4.69) is 31.5 Å². The zero-order valence-electron chi connectivity index (χ0n) is 11.9. The lowest BCUT2D eigenvalue weighted by molar-refractivity contribution is -0.116. The molecule has 2 amide bonds. The molecule has 1 heterocycles. The van der Waals surface area contributed by atoms with Crippen molar-refractivity contribution in [3.63, 3.8) is 0 Å². The quantitative estimate of drug-likeness (QED) is 0.808. The molecule has 21 heavy (non-hydrogen) atoms. The van der Waals surface area contributed by atoms with E-state index < -0.39 is 0 Å². The molecule has 0 saturated heterocycles. The van der Waals surface area contributed by atoms with Crippen LogP contribution in [0.2, 0.25) is 0 Å². The van der Waals surface area contributed by atoms with E-state index in [1.807, 2.05) is 26.0 Å². The van der Waals surface area contributed by atoms with Crippen molar-refractivity contribution in [3.8, 4) is 0 Å². The van der Waals surface area contributed by atoms with E-state index in [9.17, 15) is 9.59 Å². The zero-order chi connectivity index (χ0) is 15.6. The average Bonchev–Trinajstić information content (AvgIpc) is 2.78. The first-order valence-electron chi connectivity index (χ1n) is 6.50. The van der Waals surface area contributed by atoms with Crippen LogP contribution < -0.4 is 10.6 Å². The van der Waals surface area contributed by atoms with Crippen molar-refractivity contribution in [3.05, 3.63) is 18.2 Å². The molecular weight excluding hydrogens is 354 g/mol. The summed E-state index contributed by atoms with van der Waals surface area (Å²) >= 11 is 4.75. The number of hydrogen-bond acceptors (Lipinski definition) is 4. The maximum absolute atomic E-state index is 12.0. The van der Waals surface area contributed by atoms with Gasteiger partial charge in [-0.15, -0.1) is 0 Å². The van der Waals surface area contributed by atoms with Gasteiger partial charge in [-0.3, -0.25) is 9.59 Å². The summed E-state index contributed by atoms with van der Waals surface area (Å²) in [6.07, 6.45) is 0. The Morgan fingerprint density at radius 3 is 2.62 bits per heavy atom. The molecule has 0 radical (unpaired) electrons. The van der Waals surface area contributed by atoms with Gasteiger partial charge in [-0.05, 0) is 24.1 Å². The maximum atomic E-state index is 12.0. The molecule has 1 aromatic heterocycles. The minimum atomic E-state index is -0.251. The standard InChI is InChI=1S/C14H16BrN3O2S/c1-7(2)12(15)13(20)18-14-17-10-5-4-9(16-8(3)19)6-11(10)21-14/h4-7,12H,1-3H3,(H,16,19)(H,17,18,20). The van der Waals surface area contributed by atoms with E-state index in [1.54, 1.807) is 6.07 Å². The third kappa shape index (κ3) is 4.01. The van der Waals surface area contributed by atoms with Gasteiger partial charge in [0.25, 0.3) is 0 Å². The van der Waals surface area contributed by atoms with Gasteiger partial charge in [-0.2, -0.15) is 0 Å². The van der Waals surface area contributed by atoms with Crippen molar-refractivity contribution < 1.29 is 9.59 Å². The predicted octanol–water partition coefficient (Wildman–Crippen LogP) is 3.61. The highest BCUT2D eigenvalue weighted by atomic mass is 79.9. The van der Waals surface area contributed by atoms with Gasteiger partial charge in [-0.25, -0.2) is 4.98 Å². The van der Waals surface area contributed by atoms with Gasteiger partial charge in [0.15, 0.2) is 5.13 Å². The number of hydrogen-bond donors (Lipinski definition) is 2. The predicted molar refractivity (Wildman–Crippen MR) is 90.1 cm³/mol. The molecular formula is C14H16BrN3O2S. The normalized spacial score (nSPS) is 12.4. The summed E-state index contributed by atoms with van der Waals surface area (Å²) < 4.78 is 0.909. The second kappa shape index (κ2) is 6.53. The first kappa shape index (κ1) is 15.9. The lowest BCUT2D eigenvalue weighted by Crippen LogP contribution is -2.26. The van der Waals surface area contributed by atoms with Crippen molar-refractivity contribution in [1.82, 2.24) is 4.98 Å². The van der Waals surface area contributed by atoms with Gasteiger partial charge in [0.05, 0.1) is 15.0 Å². The number of fused-ring (bicyclic) bond motifs is 1. The molecule has 5 nitrogen and oxygen atoms in total. The highest BCUT2D eigenvalue weighted by Crippen LogP contribution is 2.29. The Labute approximate surface area is 135 Å². The van der Waals surface area contributed by atoms with Gasteiger partial charge < -0.3 is 10.6 Å². The van der Waals surface area contributed by atoms with Crippen LogP contribution in [-0.2, 0) is 9.59 Å². The summed E-state index contributed by atoms with van der Waals surface area (Å²) in [5.41, 5.74) is 1.51. The number of nitrogens with zero attached hydrogens (tertiary/aromatic N) is 1. The minimum absolute atomic E-state index is 0.105. The van der Waals surface area contributed by atoms with E-state index in [1.165, 1.54) is 18.3 Å². The van der Waals surface area contributed by atoms with Crippen LogP contribution in [0.15, 0.2) is 18.2 Å². The number of halogens is 1. The number of amides is 2. The zero-order valence-corrected chi connectivity index (χ0v) is 14.3. The van der Waals surface area contributed by atoms with Crippen LogP contribution in [0.3, 0.4) is 0 Å². The van der Waals surface area contributed by atoms with E-state index in [-0.39, 0.29) is 22.6 Å². The molecule has 1 unspecified atom stereocenters. The number of anilines is 2. The number of aromatic nitrogens is 1. The van der Waals surface area contributed by atoms with E-state index >= 15 is 0 Å². The summed E-state index contributed by atoms with van der Waals surface area (Å²) in [5.74, 6) is -0.0247. The Bertz CT molecular complexity index is 684. The molecule has 1 aromatic carbocycles. The van der Waals surface area contributed by atoms with Crippen molar-refractivity contribution in [2.45, 2.75) is 25.6 Å². The van der Waals surface area contributed by atoms with Gasteiger partial charge >= 0.3 is 0 Å². The number of thiazole rings is 1. The van der Waals surface area contributed by atoms with Gasteiger partial charge in [-0.1, -0.05) is 41.1 Å². The van der Waals surface area contributed by atoms with Gasteiger partial charge in [0, 0.05) is 12.6 Å². The molecule has 0 aliphatic carbocycles. The van der Waals surface area contributed by atoms with E-state index in [0.717, 1.165) is 15.9 Å². The fourth-order valence-electron chi connectivity index (χ4n) is 1.74. The first-order chi connectivity index (χ1) is 9.86. The highest BCUT2D eigenvalue weighted by Gasteiger charge is 2.19. The van der Waals surface area contributed by atoms with Crippen LogP contribution >= 0.6 is 27.3 Å². The van der Waals surface area contributed by atoms with Crippen molar-refractivity contribution in [2.24, 2.45) is 5.92 Å². The number of nitrogens with one attached hydrogen (secondary N) is 2. The first-order valence-corrected chi connectivity index (χ1v) is 8.23. The Kier molecular flexibility index (Phi) is 4.95. The molecule has 0 bridgehead atoms. The summed E-state index contributed by atoms with van der Waals surface area (Å²) in [4.78, 5) is 27.2. The average molecular weight is 370 g/mol. The minimum Gasteiger partial charge on any atom is -0.326 e. The monoisotopic (exact) mass is 369 g/mol. The maximum Gasteiger partial charge on any atom is 0.240 e. The van der Waals surface area contributed by atoms with Crippen LogP contribution in [0.25, 0.3) is 10.2 Å². The molecule has 0 fully saturated rings. The SMILES string of the molecule is CC(=O)Nc1ccc2nc(NC(=O)C(Br)C(C)C)sc2c1. The molecule has 2 N–H and O–H groups in total. The summed E-state index contributed by atoms with van der Waals surface area (Å²) in [6.45, 7) is 5.40. The molecule has 0 aliphatic heterocycles. The second-order valence-electron chi connectivity index (χ2n) is 5.02. The van der Waals surface area contributed by atoms with E-state index in [4.69, 9.17) is 0 Å². The number of carbonyl (C=O) groups excluding carboxylic acids is 2. The fraction of sp³-hybridized carbons (Fsp3) is 0.357. The third-order valence-electron chi connectivity index (χ3n) is 2.77. The largest absolute Gasteiger partial charge is 0.326 e. The molecule has 1 atom stereocenters. The van der Waals surface area contributed by atoms with Crippen LogP contribution in [0, 0.1) is 5.92 Å². The second-order valence-corrected chi connectivity index (χ2v) is 7.03. The molecule has 112 valence electrons. The van der Waals surface area contributed by atoms with Crippen LogP contribution in [0.5, 0.6) is 0 Å². The number of alkyl halides is 1. The highest BCUT2D eigenvalue weighted by molar-refractivity contribution is 9.10. The molecule has 2 aromatic rings. The topological polar surface area (TPSA) is 71.1 Å². The van der Waals surface area contributed by atoms with Gasteiger partial charge in [0.2, 0.25) is 11.8 Å². The molecule has 0 saturated carbocycles. The number of carbonyl (C=O) groups is 2. The lowest BCUT2D eigenvalue weighted by Gasteiger charge is -2.11. The van der Waals surface area contributed by atoms with Crippen LogP contribution in [0.4, 0.5) is 10.8 Å². The number of rotatable bonds is 4. The Balaban J connectivity index is 2.19. The number of benzene rings is 1. The van der Waals surface area contributed by atoms with E-state index in [0.29, 0.717) is 5.13 Å². The van der Waals surface area contributed by atoms with Gasteiger partial charge in [0.1, 0.15) is 0 Å². The molecule has 2 rings (SSSR count). The summed E-state index contributed by atoms with van der Waals surface area (Å²) in [6, 6.07) is 5.45. The smallest absolute Gasteiger partial charge is 0.240 e. The van der Waals surface area contributed by atoms with Crippen LogP contribution in [0.1, 0.15) is 20.8 Å². The summed E-state index contributed by atoms with van der Waals surface area (Å²) in [5, 5.41) is 6.09. The Morgan fingerprint density at radius 1 is 1.29 bits per heavy atom. The summed E-state index contributed by atoms with van der Waals surface area (Å²) in [7, 11) is 0. The third-order valence-corrected chi connectivity index (χ3v) is 5.18. The fourth-order valence-corrected chi connectivity index (χ4v) is 2.76. The van der Waals surface area contributed by atoms with Crippen molar-refractivity contribution in [1.29, 1.82) is 0 Å². The van der Waals surface area contributed by atoms with Crippen molar-refractivity contribution >= 4 is 60.1 Å². The lowest BCUT2D eigenvalue weighted by atomic mass is 10.1. The molecule has 7 heteroatoms. The Hall–Kier alpha value is -1.47. The molecule has 0 spiro atoms. The Morgan fingerprint density at radius 2 is 2.00 bits per heavy atom. The molecule has 0 aliphatic rings. The van der Waals surface area contributed by atoms with Crippen molar-refractivity contribution in [2.75, 3.05) is 10.6 Å². The van der Waals surface area contributed by atoms with Crippen LogP contribution in [-0.4, -0.2) is 21.6 Å².